The summed E-state index contributed by atoms with van der Waals surface area (Å²) in [6, 6.07) is 10.4. The Kier molecular flexibility index (Phi) is 4.65. The van der Waals surface area contributed by atoms with Crippen LogP contribution in [0.1, 0.15) is 81.7 Å². The first kappa shape index (κ1) is 20.8. The molecule has 4 fully saturated rings. The molecule has 2 heterocycles. The van der Waals surface area contributed by atoms with E-state index in [1.165, 1.54) is 12.8 Å². The monoisotopic (exact) mass is 454 g/mol. The Labute approximate surface area is 191 Å². The number of hydrogen-bond acceptors (Lipinski definition) is 6. The Morgan fingerprint density at radius 3 is 2.45 bits per heavy atom. The molecule has 4 aliphatic carbocycles. The first-order valence-corrected chi connectivity index (χ1v) is 11.9. The van der Waals surface area contributed by atoms with Crippen LogP contribution in [-0.4, -0.2) is 21.8 Å². The molecular weight excluding hydrogens is 426 g/mol. The summed E-state index contributed by atoms with van der Waals surface area (Å²) < 4.78 is 37.5. The topological polar surface area (TPSA) is 77.0 Å². The molecule has 174 valence electrons. The van der Waals surface area contributed by atoms with Gasteiger partial charge in [-0.15, -0.1) is 0 Å². The van der Waals surface area contributed by atoms with Crippen LogP contribution in [-0.2, 0) is 11.3 Å². The average Bonchev–Trinajstić information content (AvgIpc) is 3.33. The van der Waals surface area contributed by atoms with Crippen molar-refractivity contribution >= 4 is 5.69 Å². The Hall–Kier alpha value is -2.77. The fraction of sp³-hybridized carbons (Fsp3) is 0.560. The third-order valence-corrected chi connectivity index (χ3v) is 8.01. The molecule has 1 N–H and O–H groups in total. The van der Waals surface area contributed by atoms with Gasteiger partial charge < -0.3 is 14.4 Å². The second-order valence-electron chi connectivity index (χ2n) is 10.4. The number of fused-ring (bicyclic) bond motifs is 3. The van der Waals surface area contributed by atoms with Crippen molar-refractivity contribution < 1.29 is 17.8 Å². The fourth-order valence-electron chi connectivity index (χ4n) is 5.54. The van der Waals surface area contributed by atoms with Crippen molar-refractivity contribution in [2.45, 2.75) is 75.5 Å². The highest BCUT2D eigenvalue weighted by Gasteiger charge is 2.52. The summed E-state index contributed by atoms with van der Waals surface area (Å²) in [4.78, 5) is 4.09. The number of aromatic nitrogens is 3. The predicted octanol–water partition coefficient (Wildman–Crippen LogP) is 6.42. The minimum atomic E-state index is -3.10. The van der Waals surface area contributed by atoms with Gasteiger partial charge in [0.1, 0.15) is 11.5 Å². The summed E-state index contributed by atoms with van der Waals surface area (Å²) in [6.45, 7) is 1.69. The molecule has 8 heteroatoms. The van der Waals surface area contributed by atoms with E-state index in [-0.39, 0.29) is 10.8 Å². The average molecular weight is 455 g/mol. The maximum absolute atomic E-state index is 13.6. The molecule has 0 amide bonds. The Morgan fingerprint density at radius 2 is 1.79 bits per heavy atom. The third kappa shape index (κ3) is 3.83. The van der Waals surface area contributed by atoms with Crippen LogP contribution in [0.4, 0.5) is 14.5 Å². The molecule has 0 aliphatic heterocycles. The lowest BCUT2D eigenvalue weighted by Gasteiger charge is -2.52. The molecule has 1 aromatic carbocycles. The number of alkyl halides is 2. The Morgan fingerprint density at radius 1 is 1.03 bits per heavy atom. The van der Waals surface area contributed by atoms with Gasteiger partial charge in [0.25, 0.3) is 5.89 Å². The normalized spacial score (nSPS) is 27.1. The molecule has 33 heavy (non-hydrogen) atoms. The summed E-state index contributed by atoms with van der Waals surface area (Å²) in [5.41, 5.74) is 3.01. The molecule has 2 aromatic heterocycles. The smallest absolute Gasteiger partial charge is 0.322 e. The lowest BCUT2D eigenvalue weighted by Crippen LogP contribution is -2.47. The number of nitrogens with zero attached hydrogens (tertiary/aromatic N) is 3. The highest BCUT2D eigenvalue weighted by atomic mass is 19.3. The zero-order chi connectivity index (χ0) is 22.7. The molecule has 0 spiro atoms. The van der Waals surface area contributed by atoms with Crippen LogP contribution >= 0.6 is 0 Å². The zero-order valence-electron chi connectivity index (χ0n) is 18.7. The van der Waals surface area contributed by atoms with Gasteiger partial charge in [0.15, 0.2) is 5.82 Å². The van der Waals surface area contributed by atoms with E-state index in [9.17, 15) is 8.78 Å². The van der Waals surface area contributed by atoms with Gasteiger partial charge in [0.2, 0.25) is 0 Å². The minimum absolute atomic E-state index is 0.214. The van der Waals surface area contributed by atoms with Crippen molar-refractivity contribution in [3.05, 3.63) is 47.8 Å². The van der Waals surface area contributed by atoms with Crippen LogP contribution in [0.25, 0.3) is 11.3 Å². The molecule has 2 bridgehead atoms. The zero-order valence-corrected chi connectivity index (χ0v) is 18.7. The lowest BCUT2D eigenvalue weighted by molar-refractivity contribution is -0.0158. The molecule has 6 nitrogen and oxygen atoms in total. The van der Waals surface area contributed by atoms with Gasteiger partial charge in [-0.1, -0.05) is 22.4 Å². The van der Waals surface area contributed by atoms with Crippen LogP contribution in [0.5, 0.6) is 0 Å². The van der Waals surface area contributed by atoms with E-state index >= 15 is 0 Å². The maximum atomic E-state index is 13.6. The predicted molar refractivity (Wildman–Crippen MR) is 118 cm³/mol. The van der Waals surface area contributed by atoms with Crippen LogP contribution < -0.4 is 5.32 Å². The quantitative estimate of drug-likeness (QED) is 0.444. The van der Waals surface area contributed by atoms with Crippen LogP contribution in [0.15, 0.2) is 39.4 Å². The standard InChI is InChI=1S/C25H28F2N4O2/c1-23(26,27)22-29-21(31-33-22)25-10-7-24(8-11-25,9-12-25)15-28-18-4-2-3-17(13-18)19-14-20(32-30-19)16-5-6-16/h2-4,13-14,16,28H,5-12,15H2,1H3. The van der Waals surface area contributed by atoms with Crippen molar-refractivity contribution in [2.75, 3.05) is 11.9 Å². The van der Waals surface area contributed by atoms with Gasteiger partial charge in [-0.3, -0.25) is 0 Å². The second-order valence-corrected chi connectivity index (χ2v) is 10.4. The molecule has 0 radical (unpaired) electrons. The molecule has 0 saturated heterocycles. The molecule has 4 aliphatic rings. The van der Waals surface area contributed by atoms with Crippen molar-refractivity contribution in [1.29, 1.82) is 0 Å². The highest BCUT2D eigenvalue weighted by molar-refractivity contribution is 5.65. The molecule has 7 rings (SSSR count). The second kappa shape index (κ2) is 7.37. The summed E-state index contributed by atoms with van der Waals surface area (Å²) in [6.07, 6.45) is 8.20. The van der Waals surface area contributed by atoms with Gasteiger partial charge in [0, 0.05) is 42.1 Å². The number of rotatable bonds is 7. The lowest BCUT2D eigenvalue weighted by atomic mass is 9.53. The first-order chi connectivity index (χ1) is 15.8. The fourth-order valence-corrected chi connectivity index (χ4v) is 5.54. The summed E-state index contributed by atoms with van der Waals surface area (Å²) >= 11 is 0. The number of anilines is 1. The van der Waals surface area contributed by atoms with Crippen LogP contribution in [0.2, 0.25) is 0 Å². The Balaban J connectivity index is 1.11. The molecule has 4 saturated carbocycles. The molecule has 3 aromatic rings. The van der Waals surface area contributed by atoms with Gasteiger partial charge in [0.05, 0.1) is 0 Å². The third-order valence-electron chi connectivity index (χ3n) is 8.01. The molecular formula is C25H28F2N4O2. The van der Waals surface area contributed by atoms with Gasteiger partial charge in [-0.05, 0) is 68.9 Å². The number of hydrogen-bond donors (Lipinski definition) is 1. The number of halogens is 2. The molecule has 0 unspecified atom stereocenters. The summed E-state index contributed by atoms with van der Waals surface area (Å²) in [5, 5.41) is 11.9. The van der Waals surface area contributed by atoms with Gasteiger partial charge in [-0.25, -0.2) is 0 Å². The van der Waals surface area contributed by atoms with E-state index in [0.717, 1.165) is 74.7 Å². The van der Waals surface area contributed by atoms with Crippen molar-refractivity contribution in [3.63, 3.8) is 0 Å². The summed E-state index contributed by atoms with van der Waals surface area (Å²) in [5.74, 6) is -1.67. The summed E-state index contributed by atoms with van der Waals surface area (Å²) in [7, 11) is 0. The van der Waals surface area contributed by atoms with E-state index in [2.05, 4.69) is 44.9 Å². The SMILES string of the molecule is CC(F)(F)c1nc(C23CCC(CNc4cccc(-c5cc(C6CC6)on5)c4)(CC2)CC3)no1. The first-order valence-electron chi connectivity index (χ1n) is 11.9. The van der Waals surface area contributed by atoms with Crippen LogP contribution in [0, 0.1) is 5.41 Å². The highest BCUT2D eigenvalue weighted by Crippen LogP contribution is 2.57. The van der Waals surface area contributed by atoms with E-state index in [1.807, 2.05) is 6.07 Å². The van der Waals surface area contributed by atoms with E-state index in [4.69, 9.17) is 9.05 Å². The largest absolute Gasteiger partial charge is 0.384 e. The van der Waals surface area contributed by atoms with Gasteiger partial charge >= 0.3 is 5.92 Å². The van der Waals surface area contributed by atoms with Crippen molar-refractivity contribution in [1.82, 2.24) is 15.3 Å². The van der Waals surface area contributed by atoms with Crippen LogP contribution in [0.3, 0.4) is 0 Å². The van der Waals surface area contributed by atoms with Crippen molar-refractivity contribution in [2.24, 2.45) is 5.41 Å². The van der Waals surface area contributed by atoms with Gasteiger partial charge in [-0.2, -0.15) is 13.8 Å². The maximum Gasteiger partial charge on any atom is 0.322 e. The van der Waals surface area contributed by atoms with E-state index in [1.54, 1.807) is 0 Å². The number of benzene rings is 1. The Bertz CT molecular complexity index is 1140. The number of nitrogens with one attached hydrogen (secondary N) is 1. The minimum Gasteiger partial charge on any atom is -0.384 e. The van der Waals surface area contributed by atoms with E-state index < -0.39 is 11.8 Å². The molecule has 0 atom stereocenters. The van der Waals surface area contributed by atoms with Crippen molar-refractivity contribution in [3.8, 4) is 11.3 Å². The van der Waals surface area contributed by atoms with E-state index in [0.29, 0.717) is 11.7 Å².